The summed E-state index contributed by atoms with van der Waals surface area (Å²) >= 11 is -0.257. The van der Waals surface area contributed by atoms with Crippen LogP contribution in [0.15, 0.2) is 41.1 Å². The predicted molar refractivity (Wildman–Crippen MR) is 49.8 cm³/mol. The third-order valence-corrected chi connectivity index (χ3v) is 4.28. The minimum absolute atomic E-state index is 0.257. The van der Waals surface area contributed by atoms with Gasteiger partial charge in [0.1, 0.15) is 0 Å². The zero-order valence-corrected chi connectivity index (χ0v) is 9.21. The zero-order valence-electron chi connectivity index (χ0n) is 6.88. The molecule has 0 fully saturated rings. The van der Waals surface area contributed by atoms with Crippen LogP contribution >= 0.6 is 0 Å². The number of aromatic nitrogens is 2. The van der Waals surface area contributed by atoms with Crippen LogP contribution in [0.4, 0.5) is 0 Å². The molecule has 1 aromatic carbocycles. The summed E-state index contributed by atoms with van der Waals surface area (Å²) in [5.41, 5.74) is 1.37. The quantitative estimate of drug-likeness (QED) is 0.776. The zero-order chi connectivity index (χ0) is 8.93. The molecule has 0 atom stereocenters. The van der Waals surface area contributed by atoms with Gasteiger partial charge in [0.05, 0.1) is 0 Å². The van der Waals surface area contributed by atoms with E-state index in [1.807, 2.05) is 6.07 Å². The van der Waals surface area contributed by atoms with Gasteiger partial charge in [0.2, 0.25) is 0 Å². The molecular formula is C9H8N2OTe. The SMILES string of the molecule is c1ccc(C[Te]c2conn2)cc1. The second-order valence-corrected chi connectivity index (χ2v) is 5.36. The first-order valence-electron chi connectivity index (χ1n) is 3.89. The van der Waals surface area contributed by atoms with Crippen molar-refractivity contribution < 1.29 is 4.52 Å². The Labute approximate surface area is 86.2 Å². The Hall–Kier alpha value is -0.850. The second-order valence-electron chi connectivity index (χ2n) is 2.52. The van der Waals surface area contributed by atoms with Gasteiger partial charge in [0, 0.05) is 0 Å². The normalized spacial score (nSPS) is 10.2. The van der Waals surface area contributed by atoms with E-state index in [9.17, 15) is 0 Å². The summed E-state index contributed by atoms with van der Waals surface area (Å²) in [5, 5.41) is 7.31. The Balaban J connectivity index is 1.94. The first-order chi connectivity index (χ1) is 6.45. The van der Waals surface area contributed by atoms with E-state index in [1.165, 1.54) is 5.56 Å². The molecule has 2 aromatic rings. The molecule has 0 saturated heterocycles. The van der Waals surface area contributed by atoms with Crippen molar-refractivity contribution in [1.82, 2.24) is 10.4 Å². The van der Waals surface area contributed by atoms with Gasteiger partial charge < -0.3 is 0 Å². The van der Waals surface area contributed by atoms with Crippen molar-refractivity contribution in [3.8, 4) is 0 Å². The Bertz CT molecular complexity index is 347. The van der Waals surface area contributed by atoms with Crippen LogP contribution in [0.1, 0.15) is 5.56 Å². The van der Waals surface area contributed by atoms with E-state index in [2.05, 4.69) is 39.2 Å². The predicted octanol–water partition coefficient (Wildman–Crippen LogP) is 0.599. The third kappa shape index (κ3) is 2.55. The second kappa shape index (κ2) is 4.40. The van der Waals surface area contributed by atoms with Crippen molar-refractivity contribution in [3.63, 3.8) is 0 Å². The average Bonchev–Trinajstić information content (AvgIpc) is 2.69. The molecule has 0 aliphatic heterocycles. The maximum atomic E-state index is 4.67. The van der Waals surface area contributed by atoms with Crippen molar-refractivity contribution in [2.45, 2.75) is 4.47 Å². The molecule has 0 aliphatic rings. The van der Waals surface area contributed by atoms with Crippen molar-refractivity contribution in [1.29, 1.82) is 0 Å². The summed E-state index contributed by atoms with van der Waals surface area (Å²) in [6, 6.07) is 10.4. The van der Waals surface area contributed by atoms with Gasteiger partial charge in [-0.05, 0) is 0 Å². The number of rotatable bonds is 3. The topological polar surface area (TPSA) is 38.9 Å². The van der Waals surface area contributed by atoms with Gasteiger partial charge in [0.15, 0.2) is 0 Å². The van der Waals surface area contributed by atoms with Crippen LogP contribution < -0.4 is 3.74 Å². The molecule has 4 heteroatoms. The van der Waals surface area contributed by atoms with Crippen LogP contribution in [0.3, 0.4) is 0 Å². The molecule has 0 saturated carbocycles. The van der Waals surface area contributed by atoms with Gasteiger partial charge >= 0.3 is 86.2 Å². The molecule has 1 aromatic heterocycles. The van der Waals surface area contributed by atoms with Crippen LogP contribution in [-0.2, 0) is 4.47 Å². The van der Waals surface area contributed by atoms with Crippen LogP contribution in [0.5, 0.6) is 0 Å². The number of benzene rings is 1. The summed E-state index contributed by atoms with van der Waals surface area (Å²) in [6.45, 7) is 0. The van der Waals surface area contributed by atoms with Gasteiger partial charge in [-0.25, -0.2) is 0 Å². The average molecular weight is 288 g/mol. The summed E-state index contributed by atoms with van der Waals surface area (Å²) in [7, 11) is 0. The fraction of sp³-hybridized carbons (Fsp3) is 0.111. The monoisotopic (exact) mass is 290 g/mol. The molecule has 0 N–H and O–H groups in total. The van der Waals surface area contributed by atoms with Crippen LogP contribution in [0.2, 0.25) is 0 Å². The van der Waals surface area contributed by atoms with E-state index in [4.69, 9.17) is 0 Å². The molecule has 0 bridgehead atoms. The number of hydrogen-bond donors (Lipinski definition) is 0. The van der Waals surface area contributed by atoms with Gasteiger partial charge in [0.25, 0.3) is 0 Å². The summed E-state index contributed by atoms with van der Waals surface area (Å²) in [4.78, 5) is 0. The van der Waals surface area contributed by atoms with Gasteiger partial charge in [-0.3, -0.25) is 0 Å². The number of hydrogen-bond acceptors (Lipinski definition) is 3. The fourth-order valence-electron chi connectivity index (χ4n) is 0.950. The molecule has 2 rings (SSSR count). The molecule has 0 aliphatic carbocycles. The van der Waals surface area contributed by atoms with Gasteiger partial charge in [-0.2, -0.15) is 0 Å². The van der Waals surface area contributed by atoms with E-state index in [-0.39, 0.29) is 20.9 Å². The van der Waals surface area contributed by atoms with Gasteiger partial charge in [-0.1, -0.05) is 0 Å². The van der Waals surface area contributed by atoms with Crippen molar-refractivity contribution >= 4 is 24.7 Å². The van der Waals surface area contributed by atoms with Crippen LogP contribution in [-0.4, -0.2) is 31.3 Å². The number of nitrogens with zero attached hydrogens (tertiary/aromatic N) is 2. The molecule has 0 amide bonds. The molecule has 13 heavy (non-hydrogen) atoms. The Kier molecular flexibility index (Phi) is 2.96. The summed E-state index contributed by atoms with van der Waals surface area (Å²) in [5.74, 6) is 0. The third-order valence-electron chi connectivity index (χ3n) is 1.57. The van der Waals surface area contributed by atoms with E-state index in [1.54, 1.807) is 6.26 Å². The maximum absolute atomic E-state index is 4.67. The molecule has 3 nitrogen and oxygen atoms in total. The summed E-state index contributed by atoms with van der Waals surface area (Å²) < 4.78 is 6.82. The Morgan fingerprint density at radius 3 is 2.77 bits per heavy atom. The van der Waals surface area contributed by atoms with E-state index in [0.717, 1.165) is 8.21 Å². The first-order valence-corrected chi connectivity index (χ1v) is 6.70. The van der Waals surface area contributed by atoms with Crippen LogP contribution in [0.25, 0.3) is 0 Å². The van der Waals surface area contributed by atoms with Crippen molar-refractivity contribution in [2.24, 2.45) is 0 Å². The van der Waals surface area contributed by atoms with E-state index < -0.39 is 0 Å². The first kappa shape index (κ1) is 8.73. The summed E-state index contributed by atoms with van der Waals surface area (Å²) in [6.07, 6.45) is 1.64. The molecular weight excluding hydrogens is 280 g/mol. The Morgan fingerprint density at radius 2 is 2.08 bits per heavy atom. The fourth-order valence-corrected chi connectivity index (χ4v) is 2.97. The molecule has 0 spiro atoms. The van der Waals surface area contributed by atoms with E-state index in [0.29, 0.717) is 0 Å². The molecule has 0 radical (unpaired) electrons. The molecule has 1 heterocycles. The van der Waals surface area contributed by atoms with Crippen molar-refractivity contribution in [2.75, 3.05) is 0 Å². The molecule has 0 unspecified atom stereocenters. The van der Waals surface area contributed by atoms with Crippen molar-refractivity contribution in [3.05, 3.63) is 42.2 Å². The van der Waals surface area contributed by atoms with E-state index >= 15 is 0 Å². The molecule has 66 valence electrons. The Morgan fingerprint density at radius 1 is 1.23 bits per heavy atom. The van der Waals surface area contributed by atoms with Gasteiger partial charge in [-0.15, -0.1) is 0 Å². The standard InChI is InChI=1S/C9H8N2OTe/c1-2-4-8(5-3-1)7-13-9-6-12-11-10-9/h1-6H,7H2. The minimum atomic E-state index is -0.257. The van der Waals surface area contributed by atoms with Crippen LogP contribution in [0, 0.1) is 0 Å².